The molecule has 0 aliphatic rings. The zero-order valence-electron chi connectivity index (χ0n) is 9.32. The van der Waals surface area contributed by atoms with Crippen molar-refractivity contribution >= 4 is 9.84 Å². The number of benzene rings is 1. The molecule has 0 unspecified atom stereocenters. The van der Waals surface area contributed by atoms with Crippen molar-refractivity contribution in [3.8, 4) is 0 Å². The molecule has 0 atom stereocenters. The first-order valence-electron chi connectivity index (χ1n) is 4.76. The zero-order chi connectivity index (χ0) is 11.7. The summed E-state index contributed by atoms with van der Waals surface area (Å²) in [5.41, 5.74) is 0.941. The smallest absolute Gasteiger partial charge is 0.187 e. The fourth-order valence-corrected chi connectivity index (χ4v) is 2.62. The molecule has 1 aromatic carbocycles. The fraction of sp³-hybridized carbons (Fsp3) is 0.333. The maximum atomic E-state index is 12.2. The average Bonchev–Trinajstić information content (AvgIpc) is 2.17. The third-order valence-electron chi connectivity index (χ3n) is 2.48. The van der Waals surface area contributed by atoms with Crippen LogP contribution in [0.25, 0.3) is 0 Å². The summed E-state index contributed by atoms with van der Waals surface area (Å²) in [6.07, 6.45) is 1.46. The van der Waals surface area contributed by atoms with Crippen molar-refractivity contribution in [2.75, 3.05) is 0 Å². The summed E-state index contributed by atoms with van der Waals surface area (Å²) in [5.74, 6) is 0. The van der Waals surface area contributed by atoms with Crippen molar-refractivity contribution in [3.05, 3.63) is 42.5 Å². The maximum absolute atomic E-state index is 12.2. The second kappa shape index (κ2) is 3.81. The van der Waals surface area contributed by atoms with Crippen molar-refractivity contribution in [2.24, 2.45) is 0 Å². The van der Waals surface area contributed by atoms with E-state index in [2.05, 4.69) is 6.58 Å². The monoisotopic (exact) mass is 224 g/mol. The highest BCUT2D eigenvalue weighted by Gasteiger charge is 2.32. The molecule has 0 fully saturated rings. The summed E-state index contributed by atoms with van der Waals surface area (Å²) < 4.78 is 23.4. The molecule has 0 aliphatic carbocycles. The lowest BCUT2D eigenvalue weighted by Crippen LogP contribution is -2.29. The molecule has 1 rings (SSSR count). The largest absolute Gasteiger partial charge is 0.223 e. The van der Waals surface area contributed by atoms with E-state index in [1.54, 1.807) is 32.0 Å². The molecule has 3 heteroatoms. The molecule has 0 bridgehead atoms. The van der Waals surface area contributed by atoms with Gasteiger partial charge in [-0.1, -0.05) is 18.2 Å². The van der Waals surface area contributed by atoms with Crippen LogP contribution in [0.2, 0.25) is 0 Å². The predicted octanol–water partition coefficient (Wildman–Crippen LogP) is 2.73. The molecule has 82 valence electrons. The van der Waals surface area contributed by atoms with Crippen LogP contribution >= 0.6 is 0 Å². The average molecular weight is 224 g/mol. The quantitative estimate of drug-likeness (QED) is 0.740. The molecule has 0 spiro atoms. The molecule has 0 heterocycles. The van der Waals surface area contributed by atoms with E-state index in [-0.39, 0.29) is 0 Å². The van der Waals surface area contributed by atoms with Crippen LogP contribution in [0.1, 0.15) is 19.4 Å². The molecule has 0 saturated carbocycles. The van der Waals surface area contributed by atoms with E-state index >= 15 is 0 Å². The van der Waals surface area contributed by atoms with Gasteiger partial charge in [0.1, 0.15) is 0 Å². The van der Waals surface area contributed by atoms with E-state index in [1.807, 2.05) is 13.0 Å². The summed E-state index contributed by atoms with van der Waals surface area (Å²) in [5, 5.41) is 0. The number of hydrogen-bond acceptors (Lipinski definition) is 2. The van der Waals surface area contributed by atoms with Crippen molar-refractivity contribution < 1.29 is 8.42 Å². The Morgan fingerprint density at radius 1 is 1.33 bits per heavy atom. The lowest BCUT2D eigenvalue weighted by molar-refractivity contribution is 0.572. The van der Waals surface area contributed by atoms with Gasteiger partial charge in [-0.25, -0.2) is 8.42 Å². The van der Waals surface area contributed by atoms with E-state index < -0.39 is 14.6 Å². The van der Waals surface area contributed by atoms with Gasteiger partial charge < -0.3 is 0 Å². The van der Waals surface area contributed by atoms with Gasteiger partial charge in [0.2, 0.25) is 0 Å². The number of aryl methyl sites for hydroxylation is 1. The molecule has 0 aliphatic heterocycles. The topological polar surface area (TPSA) is 34.1 Å². The minimum absolute atomic E-state index is 0.354. The summed E-state index contributed by atoms with van der Waals surface area (Å²) in [6, 6.07) is 6.93. The summed E-state index contributed by atoms with van der Waals surface area (Å²) >= 11 is 0. The maximum Gasteiger partial charge on any atom is 0.187 e. The molecule has 0 radical (unpaired) electrons. The van der Waals surface area contributed by atoms with Gasteiger partial charge in [-0.15, -0.1) is 6.58 Å². The summed E-state index contributed by atoms with van der Waals surface area (Å²) in [6.45, 7) is 8.74. The first-order valence-corrected chi connectivity index (χ1v) is 6.24. The van der Waals surface area contributed by atoms with Gasteiger partial charge in [0.15, 0.2) is 9.84 Å². The molecule has 0 amide bonds. The van der Waals surface area contributed by atoms with E-state index in [0.717, 1.165) is 5.56 Å². The normalized spacial score (nSPS) is 12.5. The van der Waals surface area contributed by atoms with Crippen LogP contribution in [0.15, 0.2) is 41.8 Å². The Labute approximate surface area is 91.6 Å². The lowest BCUT2D eigenvalue weighted by atomic mass is 10.2. The first kappa shape index (κ1) is 12.0. The van der Waals surface area contributed by atoms with E-state index in [1.165, 1.54) is 6.08 Å². The third kappa shape index (κ3) is 2.12. The van der Waals surface area contributed by atoms with Crippen molar-refractivity contribution in [3.63, 3.8) is 0 Å². The van der Waals surface area contributed by atoms with E-state index in [4.69, 9.17) is 0 Å². The Hall–Kier alpha value is -1.09. The minimum Gasteiger partial charge on any atom is -0.223 e. The number of rotatable bonds is 3. The number of sulfone groups is 1. The fourth-order valence-electron chi connectivity index (χ4n) is 1.20. The van der Waals surface area contributed by atoms with Crippen molar-refractivity contribution in [1.82, 2.24) is 0 Å². The van der Waals surface area contributed by atoms with Crippen LogP contribution in [0.4, 0.5) is 0 Å². The van der Waals surface area contributed by atoms with Crippen LogP contribution in [-0.2, 0) is 9.84 Å². The summed E-state index contributed by atoms with van der Waals surface area (Å²) in [4.78, 5) is 0.354. The third-order valence-corrected chi connectivity index (χ3v) is 4.91. The Balaban J connectivity index is 3.36. The van der Waals surface area contributed by atoms with Crippen LogP contribution < -0.4 is 0 Å². The summed E-state index contributed by atoms with van der Waals surface area (Å²) in [7, 11) is -3.33. The van der Waals surface area contributed by atoms with Crippen LogP contribution in [0.3, 0.4) is 0 Å². The molecule has 15 heavy (non-hydrogen) atoms. The minimum atomic E-state index is -3.33. The Bertz CT molecular complexity index is 470. The van der Waals surface area contributed by atoms with Crippen LogP contribution in [0, 0.1) is 6.92 Å². The van der Waals surface area contributed by atoms with E-state index in [0.29, 0.717) is 4.90 Å². The highest BCUT2D eigenvalue weighted by atomic mass is 32.2. The number of hydrogen-bond donors (Lipinski definition) is 0. The second-order valence-corrected chi connectivity index (χ2v) is 6.66. The van der Waals surface area contributed by atoms with Gasteiger partial charge in [0.05, 0.1) is 9.64 Å². The molecule has 0 saturated heterocycles. The van der Waals surface area contributed by atoms with Gasteiger partial charge in [0.25, 0.3) is 0 Å². The highest BCUT2D eigenvalue weighted by Crippen LogP contribution is 2.26. The first-order chi connectivity index (χ1) is 6.81. The Morgan fingerprint density at radius 2 is 1.93 bits per heavy atom. The van der Waals surface area contributed by atoms with Gasteiger partial charge in [-0.3, -0.25) is 0 Å². The molecule has 2 nitrogen and oxygen atoms in total. The molecule has 0 N–H and O–H groups in total. The SMILES string of the molecule is C=CC(C)(C)S(=O)(=O)c1cccc(C)c1. The Kier molecular flexibility index (Phi) is 3.05. The van der Waals surface area contributed by atoms with Gasteiger partial charge in [-0.05, 0) is 38.5 Å². The Morgan fingerprint density at radius 3 is 2.40 bits per heavy atom. The molecule has 1 aromatic rings. The van der Waals surface area contributed by atoms with Crippen LogP contribution in [-0.4, -0.2) is 13.2 Å². The van der Waals surface area contributed by atoms with Crippen molar-refractivity contribution in [2.45, 2.75) is 30.4 Å². The van der Waals surface area contributed by atoms with Crippen molar-refractivity contribution in [1.29, 1.82) is 0 Å². The molecular formula is C12H16O2S. The van der Waals surface area contributed by atoms with Gasteiger partial charge in [0, 0.05) is 0 Å². The van der Waals surface area contributed by atoms with Gasteiger partial charge in [-0.2, -0.15) is 0 Å². The van der Waals surface area contributed by atoms with E-state index in [9.17, 15) is 8.42 Å². The standard InChI is InChI=1S/C12H16O2S/c1-5-12(3,4)15(13,14)11-8-6-7-10(2)9-11/h5-9H,1H2,2-4H3. The highest BCUT2D eigenvalue weighted by molar-refractivity contribution is 7.93. The van der Waals surface area contributed by atoms with Crippen LogP contribution in [0.5, 0.6) is 0 Å². The predicted molar refractivity (Wildman–Crippen MR) is 62.6 cm³/mol. The lowest BCUT2D eigenvalue weighted by Gasteiger charge is -2.20. The molecular weight excluding hydrogens is 208 g/mol. The second-order valence-electron chi connectivity index (χ2n) is 4.13. The zero-order valence-corrected chi connectivity index (χ0v) is 10.1. The molecule has 0 aromatic heterocycles. The van der Waals surface area contributed by atoms with Gasteiger partial charge >= 0.3 is 0 Å².